The maximum atomic E-state index is 13.2. The summed E-state index contributed by atoms with van der Waals surface area (Å²) >= 11 is 0. The number of amides is 1. The molecular formula is C25H20N2O6. The van der Waals surface area contributed by atoms with Crippen molar-refractivity contribution in [1.82, 2.24) is 4.98 Å². The molecule has 5 rings (SSSR count). The highest BCUT2D eigenvalue weighted by atomic mass is 16.7. The van der Waals surface area contributed by atoms with Gasteiger partial charge < -0.3 is 19.3 Å². The van der Waals surface area contributed by atoms with E-state index in [1.54, 1.807) is 66.9 Å². The lowest BCUT2D eigenvalue weighted by atomic mass is 9.98. The van der Waals surface area contributed by atoms with Crippen LogP contribution in [-0.4, -0.2) is 35.2 Å². The summed E-state index contributed by atoms with van der Waals surface area (Å²) in [5.41, 5.74) is 1.19. The number of fused-ring (bicyclic) bond motifs is 1. The molecule has 1 unspecified atom stereocenters. The number of ketones is 1. The molecule has 8 nitrogen and oxygen atoms in total. The Morgan fingerprint density at radius 1 is 1.09 bits per heavy atom. The van der Waals surface area contributed by atoms with Crippen LogP contribution in [0, 0.1) is 0 Å². The number of rotatable bonds is 5. The molecule has 1 atom stereocenters. The number of hydrogen-bond donors (Lipinski definition) is 1. The molecular weight excluding hydrogens is 424 g/mol. The van der Waals surface area contributed by atoms with Gasteiger partial charge in [-0.1, -0.05) is 18.2 Å². The summed E-state index contributed by atoms with van der Waals surface area (Å²) in [6.07, 6.45) is 1.57. The van der Waals surface area contributed by atoms with E-state index in [2.05, 4.69) is 4.98 Å². The summed E-state index contributed by atoms with van der Waals surface area (Å²) < 4.78 is 16.3. The zero-order valence-electron chi connectivity index (χ0n) is 17.7. The van der Waals surface area contributed by atoms with Crippen molar-refractivity contribution in [3.05, 3.63) is 83.7 Å². The first-order valence-electron chi connectivity index (χ1n) is 10.4. The van der Waals surface area contributed by atoms with Crippen LogP contribution in [-0.2, 0) is 9.59 Å². The molecule has 0 radical (unpaired) electrons. The summed E-state index contributed by atoms with van der Waals surface area (Å²) in [4.78, 5) is 32.1. The van der Waals surface area contributed by atoms with Crippen molar-refractivity contribution >= 4 is 23.1 Å². The second-order valence-electron chi connectivity index (χ2n) is 7.42. The highest BCUT2D eigenvalue weighted by Crippen LogP contribution is 2.44. The molecule has 2 aliphatic heterocycles. The van der Waals surface area contributed by atoms with Crippen LogP contribution < -0.4 is 19.1 Å². The van der Waals surface area contributed by atoms with E-state index >= 15 is 0 Å². The number of pyridine rings is 1. The van der Waals surface area contributed by atoms with Crippen molar-refractivity contribution in [3.63, 3.8) is 0 Å². The van der Waals surface area contributed by atoms with Gasteiger partial charge in [-0.15, -0.1) is 0 Å². The number of aromatic nitrogens is 1. The van der Waals surface area contributed by atoms with Gasteiger partial charge in [-0.25, -0.2) is 0 Å². The van der Waals surface area contributed by atoms with Crippen LogP contribution in [0.15, 0.2) is 72.4 Å². The van der Waals surface area contributed by atoms with Gasteiger partial charge in [-0.3, -0.25) is 19.5 Å². The Hall–Kier alpha value is -4.33. The van der Waals surface area contributed by atoms with Gasteiger partial charge >= 0.3 is 0 Å². The van der Waals surface area contributed by atoms with Crippen LogP contribution in [0.2, 0.25) is 0 Å². The van der Waals surface area contributed by atoms with Gasteiger partial charge in [0.25, 0.3) is 11.7 Å². The number of nitrogens with zero attached hydrogens (tertiary/aromatic N) is 2. The number of hydrogen-bond acceptors (Lipinski definition) is 7. The molecule has 1 aromatic heterocycles. The second-order valence-corrected chi connectivity index (χ2v) is 7.42. The standard InChI is InChI=1S/C25H20N2O6/c1-2-31-17-7-5-6-15(12-17)23(28)21-22(18-8-3-4-11-26-18)27(25(30)24(21)29)16-9-10-19-20(13-16)33-14-32-19/h3-13,22,28H,2,14H2,1H3/b23-21+. The predicted molar refractivity (Wildman–Crippen MR) is 119 cm³/mol. The molecule has 1 saturated heterocycles. The molecule has 0 aliphatic carbocycles. The number of aliphatic hydroxyl groups is 1. The second kappa shape index (κ2) is 8.31. The van der Waals surface area contributed by atoms with Gasteiger partial charge in [0.1, 0.15) is 17.6 Å². The fraction of sp³-hybridized carbons (Fsp3) is 0.160. The largest absolute Gasteiger partial charge is 0.507 e. The van der Waals surface area contributed by atoms with Crippen LogP contribution in [0.3, 0.4) is 0 Å². The first-order valence-corrected chi connectivity index (χ1v) is 10.4. The van der Waals surface area contributed by atoms with E-state index in [1.807, 2.05) is 6.92 Å². The summed E-state index contributed by atoms with van der Waals surface area (Å²) in [6.45, 7) is 2.38. The third kappa shape index (κ3) is 3.55. The zero-order valence-corrected chi connectivity index (χ0v) is 17.7. The normalized spacial score (nSPS) is 18.6. The Morgan fingerprint density at radius 3 is 2.73 bits per heavy atom. The number of benzene rings is 2. The number of Topliss-reactive ketones (excluding diaryl/α,β-unsaturated/α-hetero) is 1. The number of ether oxygens (including phenoxy) is 3. The van der Waals surface area contributed by atoms with Crippen molar-refractivity contribution < 1.29 is 28.9 Å². The smallest absolute Gasteiger partial charge is 0.300 e. The molecule has 1 N–H and O–H groups in total. The van der Waals surface area contributed by atoms with E-state index in [4.69, 9.17) is 14.2 Å². The molecule has 3 aromatic rings. The quantitative estimate of drug-likeness (QED) is 0.363. The van der Waals surface area contributed by atoms with Gasteiger partial charge in [0.2, 0.25) is 6.79 Å². The highest BCUT2D eigenvalue weighted by Gasteiger charge is 2.48. The number of carbonyl (C=O) groups is 2. The molecule has 1 fully saturated rings. The average Bonchev–Trinajstić information content (AvgIpc) is 3.41. The number of aliphatic hydroxyl groups excluding tert-OH is 1. The molecule has 33 heavy (non-hydrogen) atoms. The Kier molecular flexibility index (Phi) is 5.18. The minimum absolute atomic E-state index is 0.0509. The van der Waals surface area contributed by atoms with Crippen molar-refractivity contribution in [2.24, 2.45) is 0 Å². The lowest BCUT2D eigenvalue weighted by Crippen LogP contribution is -2.29. The van der Waals surface area contributed by atoms with Crippen LogP contribution in [0.1, 0.15) is 24.2 Å². The number of carbonyl (C=O) groups excluding carboxylic acids is 2. The highest BCUT2D eigenvalue weighted by molar-refractivity contribution is 6.51. The summed E-state index contributed by atoms with van der Waals surface area (Å²) in [5.74, 6) is -0.305. The summed E-state index contributed by atoms with van der Waals surface area (Å²) in [7, 11) is 0. The monoisotopic (exact) mass is 444 g/mol. The average molecular weight is 444 g/mol. The van der Waals surface area contributed by atoms with Crippen molar-refractivity contribution in [1.29, 1.82) is 0 Å². The summed E-state index contributed by atoms with van der Waals surface area (Å²) in [5, 5.41) is 11.2. The van der Waals surface area contributed by atoms with Crippen LogP contribution in [0.25, 0.3) is 5.76 Å². The summed E-state index contributed by atoms with van der Waals surface area (Å²) in [6, 6.07) is 16.0. The third-order valence-corrected chi connectivity index (χ3v) is 5.47. The molecule has 3 heterocycles. The predicted octanol–water partition coefficient (Wildman–Crippen LogP) is 3.84. The molecule has 1 amide bonds. The maximum Gasteiger partial charge on any atom is 0.300 e. The molecule has 2 aliphatic rings. The van der Waals surface area contributed by atoms with Gasteiger partial charge in [-0.05, 0) is 43.3 Å². The third-order valence-electron chi connectivity index (χ3n) is 5.47. The fourth-order valence-corrected chi connectivity index (χ4v) is 4.01. The lowest BCUT2D eigenvalue weighted by Gasteiger charge is -2.24. The lowest BCUT2D eigenvalue weighted by molar-refractivity contribution is -0.132. The van der Waals surface area contributed by atoms with Crippen LogP contribution in [0.5, 0.6) is 17.2 Å². The molecule has 8 heteroatoms. The molecule has 0 bridgehead atoms. The first-order chi connectivity index (χ1) is 16.1. The minimum atomic E-state index is -0.928. The van der Waals surface area contributed by atoms with Gasteiger partial charge in [0.15, 0.2) is 11.5 Å². The molecule has 0 spiro atoms. The Bertz CT molecular complexity index is 1270. The Labute approximate surface area is 189 Å². The topological polar surface area (TPSA) is 98.2 Å². The van der Waals surface area contributed by atoms with Gasteiger partial charge in [0, 0.05) is 23.5 Å². The fourth-order valence-electron chi connectivity index (χ4n) is 4.01. The van der Waals surface area contributed by atoms with Crippen molar-refractivity contribution in [2.75, 3.05) is 18.3 Å². The first kappa shape index (κ1) is 20.6. The van der Waals surface area contributed by atoms with E-state index in [0.29, 0.717) is 40.8 Å². The van der Waals surface area contributed by atoms with E-state index in [1.165, 1.54) is 4.90 Å². The maximum absolute atomic E-state index is 13.2. The van der Waals surface area contributed by atoms with E-state index in [-0.39, 0.29) is 18.1 Å². The Morgan fingerprint density at radius 2 is 1.94 bits per heavy atom. The zero-order chi connectivity index (χ0) is 22.9. The minimum Gasteiger partial charge on any atom is -0.507 e. The van der Waals surface area contributed by atoms with Crippen LogP contribution >= 0.6 is 0 Å². The molecule has 2 aromatic carbocycles. The SMILES string of the molecule is CCOc1cccc(/C(O)=C2\C(=O)C(=O)N(c3ccc4c(c3)OCO4)C2c2ccccn2)c1. The van der Waals surface area contributed by atoms with Crippen molar-refractivity contribution in [3.8, 4) is 17.2 Å². The van der Waals surface area contributed by atoms with Gasteiger partial charge in [0.05, 0.1) is 17.9 Å². The van der Waals surface area contributed by atoms with Crippen LogP contribution in [0.4, 0.5) is 5.69 Å². The molecule has 0 saturated carbocycles. The Balaban J connectivity index is 1.67. The van der Waals surface area contributed by atoms with Crippen molar-refractivity contribution in [2.45, 2.75) is 13.0 Å². The van der Waals surface area contributed by atoms with Gasteiger partial charge in [-0.2, -0.15) is 0 Å². The van der Waals surface area contributed by atoms with E-state index < -0.39 is 17.7 Å². The van der Waals surface area contributed by atoms with E-state index in [9.17, 15) is 14.7 Å². The van der Waals surface area contributed by atoms with E-state index in [0.717, 1.165) is 0 Å². The number of anilines is 1. The molecule has 166 valence electrons.